The van der Waals surface area contributed by atoms with E-state index < -0.39 is 5.97 Å². The number of carbonyl (C=O) groups is 1. The normalized spacial score (nSPS) is 16.6. The van der Waals surface area contributed by atoms with Crippen molar-refractivity contribution in [3.63, 3.8) is 0 Å². The van der Waals surface area contributed by atoms with Crippen molar-refractivity contribution in [1.82, 2.24) is 4.90 Å². The van der Waals surface area contributed by atoms with E-state index >= 15 is 0 Å². The second kappa shape index (κ2) is 9.22. The number of nitrogens with zero attached hydrogens (tertiary/aromatic N) is 2. The Morgan fingerprint density at radius 3 is 2.48 bits per heavy atom. The summed E-state index contributed by atoms with van der Waals surface area (Å²) in [4.78, 5) is 18.9. The van der Waals surface area contributed by atoms with Crippen LogP contribution in [0.4, 0.5) is 0 Å². The lowest BCUT2D eigenvalue weighted by Gasteiger charge is -2.41. The van der Waals surface area contributed by atoms with Crippen LogP contribution in [0, 0.1) is 0 Å². The molecule has 25 heavy (non-hydrogen) atoms. The summed E-state index contributed by atoms with van der Waals surface area (Å²) in [5, 5.41) is 4.30. The van der Waals surface area contributed by atoms with Gasteiger partial charge in [-0.1, -0.05) is 29.4 Å². The molecule has 1 heterocycles. The highest BCUT2D eigenvalue weighted by Crippen LogP contribution is 2.23. The first-order valence-corrected chi connectivity index (χ1v) is 8.92. The van der Waals surface area contributed by atoms with Crippen molar-refractivity contribution in [3.8, 4) is 0 Å². The Kier molecular flexibility index (Phi) is 7.28. The summed E-state index contributed by atoms with van der Waals surface area (Å²) >= 11 is 4.30. The van der Waals surface area contributed by atoms with Crippen LogP contribution in [0.2, 0.25) is 0 Å². The Morgan fingerprint density at radius 2 is 1.92 bits per heavy atom. The Morgan fingerprint density at radius 1 is 1.28 bits per heavy atom. The van der Waals surface area contributed by atoms with Gasteiger partial charge in [-0.25, -0.2) is 4.79 Å². The first-order chi connectivity index (χ1) is 12.0. The molecular weight excluding hydrogens is 340 g/mol. The molecule has 6 nitrogen and oxygen atoms in total. The number of ether oxygens (including phenoxy) is 2. The number of hydrogen-bond acceptors (Lipinski definition) is 7. The fourth-order valence-corrected chi connectivity index (χ4v) is 2.98. The van der Waals surface area contributed by atoms with Crippen LogP contribution in [0.1, 0.15) is 25.0 Å². The average molecular weight is 366 g/mol. The topological polar surface area (TPSA) is 60.4 Å². The highest BCUT2D eigenvalue weighted by atomic mass is 32.1. The maximum absolute atomic E-state index is 11.3. The molecule has 0 aliphatic carbocycles. The molecule has 2 rings (SSSR count). The van der Waals surface area contributed by atoms with Gasteiger partial charge in [0, 0.05) is 24.4 Å². The van der Waals surface area contributed by atoms with E-state index in [2.05, 4.69) is 41.3 Å². The minimum atomic E-state index is -0.460. The average Bonchev–Trinajstić information content (AvgIpc) is 2.65. The molecule has 1 saturated heterocycles. The number of methoxy groups -OCH3 is 1. The SMILES string of the molecule is COC(=O)CO/N=C(/c1ccc(CS)cc1)C(C)(C)N1CCOCC1. The van der Waals surface area contributed by atoms with Gasteiger partial charge in [-0.2, -0.15) is 12.6 Å². The Balaban J connectivity index is 2.29. The highest BCUT2D eigenvalue weighted by Gasteiger charge is 2.35. The van der Waals surface area contributed by atoms with Gasteiger partial charge < -0.3 is 14.3 Å². The highest BCUT2D eigenvalue weighted by molar-refractivity contribution is 7.79. The van der Waals surface area contributed by atoms with E-state index in [0.29, 0.717) is 19.0 Å². The van der Waals surface area contributed by atoms with Crippen molar-refractivity contribution in [2.45, 2.75) is 25.1 Å². The minimum absolute atomic E-state index is 0.214. The molecule has 0 bridgehead atoms. The zero-order valence-electron chi connectivity index (χ0n) is 15.0. The van der Waals surface area contributed by atoms with Gasteiger partial charge >= 0.3 is 5.97 Å². The van der Waals surface area contributed by atoms with Crippen molar-refractivity contribution < 1.29 is 19.1 Å². The Labute approximate surface area is 154 Å². The minimum Gasteiger partial charge on any atom is -0.466 e. The second-order valence-corrected chi connectivity index (χ2v) is 6.62. The number of rotatable bonds is 7. The number of benzene rings is 1. The monoisotopic (exact) mass is 366 g/mol. The molecule has 0 saturated carbocycles. The predicted octanol–water partition coefficient (Wildman–Crippen LogP) is 2.12. The van der Waals surface area contributed by atoms with E-state index in [1.807, 2.05) is 24.3 Å². The van der Waals surface area contributed by atoms with Crippen LogP contribution in [0.5, 0.6) is 0 Å². The van der Waals surface area contributed by atoms with Crippen molar-refractivity contribution in [1.29, 1.82) is 0 Å². The molecule has 138 valence electrons. The maximum Gasteiger partial charge on any atom is 0.346 e. The van der Waals surface area contributed by atoms with Crippen molar-refractivity contribution >= 4 is 24.3 Å². The number of esters is 1. The fourth-order valence-electron chi connectivity index (χ4n) is 2.77. The fraction of sp³-hybridized carbons (Fsp3) is 0.556. The van der Waals surface area contributed by atoms with Gasteiger partial charge in [-0.05, 0) is 19.4 Å². The quantitative estimate of drug-likeness (QED) is 0.347. The number of morpholine rings is 1. The summed E-state index contributed by atoms with van der Waals surface area (Å²) in [6.45, 7) is 7.01. The summed E-state index contributed by atoms with van der Waals surface area (Å²) < 4.78 is 10.1. The van der Waals surface area contributed by atoms with Gasteiger partial charge in [-0.15, -0.1) is 0 Å². The molecule has 1 aromatic carbocycles. The van der Waals surface area contributed by atoms with Crippen LogP contribution < -0.4 is 0 Å². The Hall–Kier alpha value is -1.57. The molecule has 0 atom stereocenters. The molecule has 1 fully saturated rings. The van der Waals surface area contributed by atoms with Gasteiger partial charge in [-0.3, -0.25) is 4.90 Å². The molecule has 7 heteroatoms. The zero-order chi connectivity index (χ0) is 18.3. The van der Waals surface area contributed by atoms with Gasteiger partial charge in [0.2, 0.25) is 6.61 Å². The molecule has 0 unspecified atom stereocenters. The van der Waals surface area contributed by atoms with Crippen LogP contribution >= 0.6 is 12.6 Å². The van der Waals surface area contributed by atoms with Crippen molar-refractivity contribution in [3.05, 3.63) is 35.4 Å². The van der Waals surface area contributed by atoms with Crippen LogP contribution in [-0.2, 0) is 24.9 Å². The molecule has 0 N–H and O–H groups in total. The lowest BCUT2D eigenvalue weighted by molar-refractivity contribution is -0.145. The van der Waals surface area contributed by atoms with Gasteiger partial charge in [0.1, 0.15) is 5.71 Å². The summed E-state index contributed by atoms with van der Waals surface area (Å²) in [5.41, 5.74) is 2.48. The lowest BCUT2D eigenvalue weighted by atomic mass is 9.89. The third kappa shape index (κ3) is 5.20. The van der Waals surface area contributed by atoms with E-state index in [-0.39, 0.29) is 12.1 Å². The van der Waals surface area contributed by atoms with Crippen molar-refractivity contribution in [2.24, 2.45) is 5.16 Å². The summed E-state index contributed by atoms with van der Waals surface area (Å²) in [7, 11) is 1.32. The van der Waals surface area contributed by atoms with E-state index in [1.165, 1.54) is 7.11 Å². The summed E-state index contributed by atoms with van der Waals surface area (Å²) in [6, 6.07) is 8.06. The smallest absolute Gasteiger partial charge is 0.346 e. The molecule has 1 aliphatic heterocycles. The van der Waals surface area contributed by atoms with E-state index in [9.17, 15) is 4.79 Å². The predicted molar refractivity (Wildman–Crippen MR) is 100 cm³/mol. The van der Waals surface area contributed by atoms with E-state index in [4.69, 9.17) is 9.57 Å². The third-order valence-corrected chi connectivity index (χ3v) is 4.72. The van der Waals surface area contributed by atoms with Crippen LogP contribution in [-0.4, -0.2) is 62.1 Å². The van der Waals surface area contributed by atoms with E-state index in [1.54, 1.807) is 0 Å². The third-order valence-electron chi connectivity index (χ3n) is 4.36. The molecular formula is C18H26N2O4S. The van der Waals surface area contributed by atoms with Gasteiger partial charge in [0.15, 0.2) is 0 Å². The molecule has 0 spiro atoms. The number of carbonyl (C=O) groups excluding carboxylic acids is 1. The van der Waals surface area contributed by atoms with Crippen LogP contribution in [0.3, 0.4) is 0 Å². The number of thiol groups is 1. The first-order valence-electron chi connectivity index (χ1n) is 8.29. The molecule has 1 aromatic rings. The van der Waals surface area contributed by atoms with Gasteiger partial charge in [0.05, 0.1) is 25.9 Å². The largest absolute Gasteiger partial charge is 0.466 e. The van der Waals surface area contributed by atoms with Crippen molar-refractivity contribution in [2.75, 3.05) is 40.0 Å². The zero-order valence-corrected chi connectivity index (χ0v) is 15.9. The van der Waals surface area contributed by atoms with Crippen LogP contribution in [0.15, 0.2) is 29.4 Å². The summed E-state index contributed by atoms with van der Waals surface area (Å²) in [6.07, 6.45) is 0. The van der Waals surface area contributed by atoms with Crippen LogP contribution in [0.25, 0.3) is 0 Å². The first kappa shape index (κ1) is 19.8. The molecule has 0 amide bonds. The maximum atomic E-state index is 11.3. The van der Waals surface area contributed by atoms with Gasteiger partial charge in [0.25, 0.3) is 0 Å². The standard InChI is InChI=1S/C18H26N2O4S/c1-18(2,20-8-10-23-11-9-20)17(19-24-12-16(21)22-3)15-6-4-14(13-25)5-7-15/h4-7,25H,8-13H2,1-3H3/b19-17-. The summed E-state index contributed by atoms with van der Waals surface area (Å²) in [5.74, 6) is 0.219. The second-order valence-electron chi connectivity index (χ2n) is 6.30. The molecule has 0 radical (unpaired) electrons. The van der Waals surface area contributed by atoms with E-state index in [0.717, 1.165) is 29.9 Å². The molecule has 0 aromatic heterocycles. The number of oxime groups is 1. The Bertz CT molecular complexity index is 596. The molecule has 1 aliphatic rings. The number of hydrogen-bond donors (Lipinski definition) is 1. The lowest BCUT2D eigenvalue weighted by Crippen LogP contribution is -2.54.